The summed E-state index contributed by atoms with van der Waals surface area (Å²) in [5.41, 5.74) is 5.36. The first-order chi connectivity index (χ1) is 17.9. The van der Waals surface area contributed by atoms with E-state index in [0.717, 1.165) is 18.3 Å². The molecule has 0 fully saturated rings. The fourth-order valence-corrected chi connectivity index (χ4v) is 8.85. The molecule has 2 atom stereocenters. The standard InChI is InChI=1S/C33H38O2P2/c1-6-33(4,30-22-25(2)20-21-31(30)35-24-34-5)36-32-26(3)14-13-15-27(32)23-37(28-16-9-7-10-17-28)29-18-11-8-12-19-29/h7-22,36H,6,23-24H2,1-5H3. The Morgan fingerprint density at radius 2 is 1.46 bits per heavy atom. The van der Waals surface area contributed by atoms with Gasteiger partial charge < -0.3 is 9.47 Å². The van der Waals surface area contributed by atoms with Crippen molar-refractivity contribution in [3.63, 3.8) is 0 Å². The van der Waals surface area contributed by atoms with Gasteiger partial charge in [0.15, 0.2) is 6.79 Å². The monoisotopic (exact) mass is 528 g/mol. The molecule has 0 aliphatic heterocycles. The van der Waals surface area contributed by atoms with Gasteiger partial charge in [-0.1, -0.05) is 119 Å². The molecule has 0 saturated carbocycles. The van der Waals surface area contributed by atoms with E-state index < -0.39 is 7.92 Å². The summed E-state index contributed by atoms with van der Waals surface area (Å²) in [5.74, 6) is 0.926. The van der Waals surface area contributed by atoms with Gasteiger partial charge in [-0.25, -0.2) is 0 Å². The average Bonchev–Trinajstić information content (AvgIpc) is 2.93. The van der Waals surface area contributed by atoms with Crippen molar-refractivity contribution in [1.82, 2.24) is 0 Å². The van der Waals surface area contributed by atoms with E-state index in [1.807, 2.05) is 0 Å². The minimum absolute atomic E-state index is 0.0434. The van der Waals surface area contributed by atoms with Gasteiger partial charge in [0.2, 0.25) is 0 Å². The fourth-order valence-electron chi connectivity index (χ4n) is 4.70. The molecule has 0 N–H and O–H groups in total. The summed E-state index contributed by atoms with van der Waals surface area (Å²) >= 11 is 0. The minimum Gasteiger partial charge on any atom is -0.467 e. The zero-order valence-corrected chi connectivity index (χ0v) is 24.5. The Labute approximate surface area is 226 Å². The Morgan fingerprint density at radius 3 is 2.05 bits per heavy atom. The molecule has 0 amide bonds. The molecule has 0 spiro atoms. The molecule has 0 bridgehead atoms. The third-order valence-corrected chi connectivity index (χ3v) is 11.6. The first-order valence-electron chi connectivity index (χ1n) is 12.9. The maximum absolute atomic E-state index is 6.05. The van der Waals surface area contributed by atoms with Gasteiger partial charge in [-0.05, 0) is 61.3 Å². The van der Waals surface area contributed by atoms with Gasteiger partial charge in [-0.15, -0.1) is 0 Å². The lowest BCUT2D eigenvalue weighted by Gasteiger charge is -2.33. The van der Waals surface area contributed by atoms with Crippen molar-refractivity contribution in [2.45, 2.75) is 45.4 Å². The maximum Gasteiger partial charge on any atom is 0.188 e. The Morgan fingerprint density at radius 1 is 0.811 bits per heavy atom. The Hall–Kier alpha value is -2.50. The number of rotatable bonds is 11. The fraction of sp³-hybridized carbons (Fsp3) is 0.273. The highest BCUT2D eigenvalue weighted by atomic mass is 31.1. The molecule has 4 aromatic carbocycles. The van der Waals surface area contributed by atoms with Crippen molar-refractivity contribution in [3.8, 4) is 5.75 Å². The molecule has 0 aromatic heterocycles. The number of aryl methyl sites for hydroxylation is 2. The summed E-state index contributed by atoms with van der Waals surface area (Å²) in [6.07, 6.45) is 2.06. The van der Waals surface area contributed by atoms with Crippen LogP contribution in [0.5, 0.6) is 5.75 Å². The molecule has 0 aliphatic carbocycles. The number of methoxy groups -OCH3 is 1. The average molecular weight is 529 g/mol. The molecule has 0 radical (unpaired) electrons. The Kier molecular flexibility index (Phi) is 9.55. The summed E-state index contributed by atoms with van der Waals surface area (Å²) in [4.78, 5) is 0. The minimum atomic E-state index is -0.512. The third-order valence-electron chi connectivity index (χ3n) is 6.99. The van der Waals surface area contributed by atoms with Gasteiger partial charge in [0.1, 0.15) is 5.75 Å². The Bertz CT molecular complexity index is 1250. The Balaban J connectivity index is 1.75. The van der Waals surface area contributed by atoms with E-state index in [4.69, 9.17) is 9.47 Å². The van der Waals surface area contributed by atoms with Crippen LogP contribution in [0, 0.1) is 13.8 Å². The van der Waals surface area contributed by atoms with Crippen LogP contribution in [0.2, 0.25) is 0 Å². The SMILES string of the molecule is CCC(C)(Pc1c(C)cccc1CP(c1ccccc1)c1ccccc1)c1cc(C)ccc1OCOC. The third kappa shape index (κ3) is 6.69. The normalized spacial score (nSPS) is 13.2. The smallest absolute Gasteiger partial charge is 0.188 e. The zero-order valence-electron chi connectivity index (χ0n) is 22.6. The van der Waals surface area contributed by atoms with Gasteiger partial charge in [-0.2, -0.15) is 0 Å². The van der Waals surface area contributed by atoms with Crippen LogP contribution in [-0.4, -0.2) is 13.9 Å². The second kappa shape index (κ2) is 12.8. The van der Waals surface area contributed by atoms with Crippen LogP contribution in [-0.2, 0) is 16.1 Å². The van der Waals surface area contributed by atoms with Gasteiger partial charge in [0, 0.05) is 24.0 Å². The molecular formula is C33H38O2P2. The zero-order chi connectivity index (χ0) is 26.3. The van der Waals surface area contributed by atoms with Crippen LogP contribution in [0.4, 0.5) is 0 Å². The van der Waals surface area contributed by atoms with E-state index in [-0.39, 0.29) is 11.9 Å². The van der Waals surface area contributed by atoms with Crippen molar-refractivity contribution in [2.75, 3.05) is 13.9 Å². The van der Waals surface area contributed by atoms with Crippen LogP contribution >= 0.6 is 16.5 Å². The van der Waals surface area contributed by atoms with Crippen molar-refractivity contribution in [2.24, 2.45) is 0 Å². The summed E-state index contributed by atoms with van der Waals surface area (Å²) in [5, 5.41) is 4.29. The predicted octanol–water partition coefficient (Wildman–Crippen LogP) is 7.55. The van der Waals surface area contributed by atoms with Crippen LogP contribution in [0.3, 0.4) is 0 Å². The lowest BCUT2D eigenvalue weighted by atomic mass is 9.95. The predicted molar refractivity (Wildman–Crippen MR) is 163 cm³/mol. The highest BCUT2D eigenvalue weighted by molar-refractivity contribution is 7.72. The topological polar surface area (TPSA) is 18.5 Å². The van der Waals surface area contributed by atoms with Crippen LogP contribution in [0.25, 0.3) is 0 Å². The molecule has 4 rings (SSSR count). The molecule has 192 valence electrons. The molecule has 4 heteroatoms. The van der Waals surface area contributed by atoms with Gasteiger partial charge in [0.05, 0.1) is 0 Å². The van der Waals surface area contributed by atoms with Crippen molar-refractivity contribution in [3.05, 3.63) is 119 Å². The summed E-state index contributed by atoms with van der Waals surface area (Å²) in [6.45, 7) is 9.39. The summed E-state index contributed by atoms with van der Waals surface area (Å²) in [6, 6.07) is 35.4. The second-order valence-corrected chi connectivity index (χ2v) is 13.8. The molecule has 37 heavy (non-hydrogen) atoms. The first-order valence-corrected chi connectivity index (χ1v) is 15.4. The van der Waals surface area contributed by atoms with Crippen molar-refractivity contribution in [1.29, 1.82) is 0 Å². The van der Waals surface area contributed by atoms with Crippen molar-refractivity contribution >= 4 is 32.4 Å². The quantitative estimate of drug-likeness (QED) is 0.148. The van der Waals surface area contributed by atoms with E-state index in [2.05, 4.69) is 125 Å². The second-order valence-electron chi connectivity index (χ2n) is 9.73. The number of benzene rings is 4. The van der Waals surface area contributed by atoms with E-state index >= 15 is 0 Å². The molecule has 0 heterocycles. The lowest BCUT2D eigenvalue weighted by molar-refractivity contribution is 0.0500. The van der Waals surface area contributed by atoms with Gasteiger partial charge in [0.25, 0.3) is 0 Å². The molecule has 2 unspecified atom stereocenters. The van der Waals surface area contributed by atoms with E-state index in [9.17, 15) is 0 Å². The van der Waals surface area contributed by atoms with Gasteiger partial charge in [-0.3, -0.25) is 0 Å². The van der Waals surface area contributed by atoms with E-state index in [1.165, 1.54) is 38.2 Å². The largest absolute Gasteiger partial charge is 0.467 e. The van der Waals surface area contributed by atoms with E-state index in [0.29, 0.717) is 8.58 Å². The molecule has 4 aromatic rings. The highest BCUT2D eigenvalue weighted by Gasteiger charge is 2.31. The molecular weight excluding hydrogens is 490 g/mol. The lowest BCUT2D eigenvalue weighted by Crippen LogP contribution is -2.23. The number of hydrogen-bond donors (Lipinski definition) is 0. The first kappa shape index (κ1) is 27.5. The van der Waals surface area contributed by atoms with E-state index in [1.54, 1.807) is 7.11 Å². The highest BCUT2D eigenvalue weighted by Crippen LogP contribution is 2.49. The maximum atomic E-state index is 6.05. The number of hydrogen-bond acceptors (Lipinski definition) is 2. The van der Waals surface area contributed by atoms with Crippen LogP contribution in [0.15, 0.2) is 97.1 Å². The number of ether oxygens (including phenoxy) is 2. The van der Waals surface area contributed by atoms with Gasteiger partial charge >= 0.3 is 0 Å². The van der Waals surface area contributed by atoms with Crippen LogP contribution < -0.4 is 20.7 Å². The van der Waals surface area contributed by atoms with Crippen molar-refractivity contribution < 1.29 is 9.47 Å². The summed E-state index contributed by atoms with van der Waals surface area (Å²) < 4.78 is 11.3. The molecule has 0 aliphatic rings. The summed E-state index contributed by atoms with van der Waals surface area (Å²) in [7, 11) is 1.79. The molecule has 2 nitrogen and oxygen atoms in total. The molecule has 0 saturated heterocycles. The van der Waals surface area contributed by atoms with Crippen LogP contribution in [0.1, 0.15) is 42.5 Å².